The molecule has 0 amide bonds. The summed E-state index contributed by atoms with van der Waals surface area (Å²) in [6.45, 7) is 4.66. The van der Waals surface area contributed by atoms with Gasteiger partial charge in [-0.25, -0.2) is 4.39 Å². The van der Waals surface area contributed by atoms with Crippen molar-refractivity contribution < 1.29 is 23.4 Å². The summed E-state index contributed by atoms with van der Waals surface area (Å²) in [5.41, 5.74) is 2.24. The van der Waals surface area contributed by atoms with Gasteiger partial charge in [-0.1, -0.05) is 0 Å². The Bertz CT molecular complexity index is 1480. The van der Waals surface area contributed by atoms with Gasteiger partial charge in [0.15, 0.2) is 28.8 Å². The Morgan fingerprint density at radius 2 is 1.94 bits per heavy atom. The first-order valence-corrected chi connectivity index (χ1v) is 12.3. The zero-order chi connectivity index (χ0) is 24.9. The molecule has 0 bridgehead atoms. The number of nitrogens with zero attached hydrogens (tertiary/aromatic N) is 2. The van der Waals surface area contributed by atoms with Crippen molar-refractivity contribution >= 4 is 27.6 Å². The quantitative estimate of drug-likeness (QED) is 0.334. The average Bonchev–Trinajstić information content (AvgIpc) is 3.45. The molecule has 2 aliphatic rings. The highest BCUT2D eigenvalue weighted by Crippen LogP contribution is 2.50. The van der Waals surface area contributed by atoms with Crippen LogP contribution in [-0.4, -0.2) is 54.0 Å². The van der Waals surface area contributed by atoms with Gasteiger partial charge < -0.3 is 19.2 Å². The zero-order valence-corrected chi connectivity index (χ0v) is 20.4. The third-order valence-corrected chi connectivity index (χ3v) is 7.26. The lowest BCUT2D eigenvalue weighted by Crippen LogP contribution is -2.23. The normalized spacial score (nSPS) is 16.8. The molecule has 1 spiro atoms. The van der Waals surface area contributed by atoms with Gasteiger partial charge in [-0.15, -0.1) is 0 Å². The van der Waals surface area contributed by atoms with Crippen molar-refractivity contribution in [2.45, 2.75) is 26.2 Å². The van der Waals surface area contributed by atoms with Crippen molar-refractivity contribution in [2.24, 2.45) is 5.41 Å². The molecule has 0 unspecified atom stereocenters. The fourth-order valence-electron chi connectivity index (χ4n) is 5.13. The summed E-state index contributed by atoms with van der Waals surface area (Å²) in [6.07, 6.45) is 4.52. The third kappa shape index (κ3) is 4.05. The molecule has 0 atom stereocenters. The van der Waals surface area contributed by atoms with Gasteiger partial charge in [0.25, 0.3) is 0 Å². The summed E-state index contributed by atoms with van der Waals surface area (Å²) in [5.74, 6) is 1.73. The largest absolute Gasteiger partial charge is 0.493 e. The van der Waals surface area contributed by atoms with E-state index in [2.05, 4.69) is 14.9 Å². The first-order valence-electron chi connectivity index (χ1n) is 12.3. The maximum Gasteiger partial charge on any atom is 0.175 e. The number of rotatable bonds is 8. The van der Waals surface area contributed by atoms with Crippen LogP contribution in [0.3, 0.4) is 0 Å². The van der Waals surface area contributed by atoms with E-state index in [1.165, 1.54) is 0 Å². The first-order chi connectivity index (χ1) is 17.5. The molecule has 3 heterocycles. The molecule has 2 aromatic heterocycles. The number of ketones is 1. The number of pyridine rings is 1. The number of ether oxygens (including phenoxy) is 3. The van der Waals surface area contributed by atoms with Crippen LogP contribution in [0.1, 0.15) is 25.0 Å². The van der Waals surface area contributed by atoms with Crippen LogP contribution in [0.15, 0.2) is 42.6 Å². The average molecular weight is 490 g/mol. The standard InChI is InChI=1S/C28H28FN3O4/c1-17-12-19-20(31-17)4-5-23(27(19)29)36-22-6-9-30-21-14-25(24(34-2)13-18(21)22)35-11-3-10-32-15-26(33)28(16-32)7-8-28/h4-6,9,12-14,31H,3,7-8,10-11,15-16H2,1-2H3. The van der Waals surface area contributed by atoms with Gasteiger partial charge in [-0.3, -0.25) is 14.7 Å². The Hall–Kier alpha value is -3.65. The van der Waals surface area contributed by atoms with E-state index in [-0.39, 0.29) is 11.2 Å². The van der Waals surface area contributed by atoms with Gasteiger partial charge in [0.2, 0.25) is 0 Å². The van der Waals surface area contributed by atoms with Gasteiger partial charge in [0.05, 0.1) is 25.8 Å². The monoisotopic (exact) mass is 489 g/mol. The van der Waals surface area contributed by atoms with Crippen molar-refractivity contribution in [3.8, 4) is 23.0 Å². The van der Waals surface area contributed by atoms with Crippen LogP contribution in [0, 0.1) is 18.2 Å². The van der Waals surface area contributed by atoms with Crippen molar-refractivity contribution in [1.82, 2.24) is 14.9 Å². The molecule has 1 N–H and O–H groups in total. The van der Waals surface area contributed by atoms with Crippen molar-refractivity contribution in [3.05, 3.63) is 54.1 Å². The second-order valence-electron chi connectivity index (χ2n) is 9.84. The number of fused-ring (bicyclic) bond motifs is 2. The van der Waals surface area contributed by atoms with E-state index in [4.69, 9.17) is 14.2 Å². The van der Waals surface area contributed by atoms with Crippen molar-refractivity contribution in [3.63, 3.8) is 0 Å². The van der Waals surface area contributed by atoms with E-state index < -0.39 is 5.82 Å². The Morgan fingerprint density at radius 3 is 2.72 bits per heavy atom. The molecule has 1 saturated heterocycles. The number of benzene rings is 2. The molecule has 36 heavy (non-hydrogen) atoms. The lowest BCUT2D eigenvalue weighted by molar-refractivity contribution is -0.120. The van der Waals surface area contributed by atoms with Crippen LogP contribution in [0.5, 0.6) is 23.0 Å². The number of halogens is 1. The minimum Gasteiger partial charge on any atom is -0.493 e. The predicted octanol–water partition coefficient (Wildman–Crippen LogP) is 5.40. The van der Waals surface area contributed by atoms with E-state index in [0.29, 0.717) is 52.5 Å². The van der Waals surface area contributed by atoms with Gasteiger partial charge in [-0.05, 0) is 56.5 Å². The van der Waals surface area contributed by atoms with Crippen LogP contribution in [0.25, 0.3) is 21.8 Å². The van der Waals surface area contributed by atoms with Gasteiger partial charge in [0.1, 0.15) is 5.75 Å². The van der Waals surface area contributed by atoms with Crippen molar-refractivity contribution in [1.29, 1.82) is 0 Å². The van der Waals surface area contributed by atoms with Crippen molar-refractivity contribution in [2.75, 3.05) is 33.4 Å². The number of carbonyl (C=O) groups is 1. The zero-order valence-electron chi connectivity index (χ0n) is 20.4. The topological polar surface area (TPSA) is 76.7 Å². The molecule has 6 rings (SSSR count). The molecule has 186 valence electrons. The molecule has 2 fully saturated rings. The summed E-state index contributed by atoms with van der Waals surface area (Å²) in [4.78, 5) is 21.9. The fourth-order valence-corrected chi connectivity index (χ4v) is 5.13. The SMILES string of the molecule is COc1cc2c(Oc3ccc4[nH]c(C)cc4c3F)ccnc2cc1OCCCN1CC(=O)C2(CC2)C1. The van der Waals surface area contributed by atoms with Crippen LogP contribution in [-0.2, 0) is 4.79 Å². The van der Waals surface area contributed by atoms with E-state index in [0.717, 1.165) is 43.6 Å². The molecular formula is C28H28FN3O4. The van der Waals surface area contributed by atoms with E-state index >= 15 is 4.39 Å². The molecular weight excluding hydrogens is 461 g/mol. The number of nitrogens with one attached hydrogen (secondary N) is 1. The van der Waals surface area contributed by atoms with Crippen LogP contribution in [0.2, 0.25) is 0 Å². The summed E-state index contributed by atoms with van der Waals surface area (Å²) in [7, 11) is 1.58. The number of aromatic nitrogens is 2. The van der Waals surface area contributed by atoms with Crippen LogP contribution < -0.4 is 14.2 Å². The minimum atomic E-state index is -0.416. The second kappa shape index (κ2) is 8.78. The predicted molar refractivity (Wildman–Crippen MR) is 135 cm³/mol. The Morgan fingerprint density at radius 1 is 1.08 bits per heavy atom. The molecule has 4 aromatic rings. The summed E-state index contributed by atoms with van der Waals surface area (Å²) in [6, 6.07) is 10.5. The fraction of sp³-hybridized carbons (Fsp3) is 0.357. The van der Waals surface area contributed by atoms with Crippen LogP contribution in [0.4, 0.5) is 4.39 Å². The molecule has 7 nitrogen and oxygen atoms in total. The Labute approximate surface area is 208 Å². The van der Waals surface area contributed by atoms with E-state index in [9.17, 15) is 4.79 Å². The number of aromatic amines is 1. The highest BCUT2D eigenvalue weighted by atomic mass is 19.1. The van der Waals surface area contributed by atoms with Gasteiger partial charge in [-0.2, -0.15) is 0 Å². The molecule has 1 aliphatic carbocycles. The smallest absolute Gasteiger partial charge is 0.175 e. The number of carbonyl (C=O) groups excluding carboxylic acids is 1. The van der Waals surface area contributed by atoms with E-state index in [1.54, 1.807) is 43.6 Å². The Kier molecular flexibility index (Phi) is 5.56. The molecule has 0 radical (unpaired) electrons. The third-order valence-electron chi connectivity index (χ3n) is 7.26. The number of hydrogen-bond acceptors (Lipinski definition) is 6. The maximum absolute atomic E-state index is 15.1. The molecule has 2 aromatic carbocycles. The number of hydrogen-bond donors (Lipinski definition) is 1. The lowest BCUT2D eigenvalue weighted by atomic mass is 10.1. The second-order valence-corrected chi connectivity index (χ2v) is 9.84. The summed E-state index contributed by atoms with van der Waals surface area (Å²) < 4.78 is 32.7. The Balaban J connectivity index is 1.18. The minimum absolute atomic E-state index is 0.0247. The first kappa shape index (κ1) is 22.8. The number of Topliss-reactive ketones (excluding diaryl/α,β-unsaturated/α-hetero) is 1. The highest BCUT2D eigenvalue weighted by molar-refractivity contribution is 5.91. The number of H-pyrrole nitrogens is 1. The molecule has 1 aliphatic heterocycles. The number of likely N-dealkylation sites (tertiary alicyclic amines) is 1. The molecule has 8 heteroatoms. The molecule has 1 saturated carbocycles. The summed E-state index contributed by atoms with van der Waals surface area (Å²) in [5, 5.41) is 1.18. The van der Waals surface area contributed by atoms with Gasteiger partial charge >= 0.3 is 0 Å². The lowest BCUT2D eigenvalue weighted by Gasteiger charge is -2.16. The summed E-state index contributed by atoms with van der Waals surface area (Å²) >= 11 is 0. The van der Waals surface area contributed by atoms with Gasteiger partial charge in [0, 0.05) is 52.8 Å². The highest BCUT2D eigenvalue weighted by Gasteiger charge is 2.54. The number of methoxy groups -OCH3 is 1. The van der Waals surface area contributed by atoms with E-state index in [1.807, 2.05) is 13.0 Å². The maximum atomic E-state index is 15.1. The number of aryl methyl sites for hydroxylation is 1. The van der Waals surface area contributed by atoms with Crippen LogP contribution >= 0.6 is 0 Å².